The first-order valence-electron chi connectivity index (χ1n) is 8.79. The van der Waals surface area contributed by atoms with Crippen LogP contribution in [0.1, 0.15) is 46.8 Å². The summed E-state index contributed by atoms with van der Waals surface area (Å²) in [6.45, 7) is 5.15. The standard InChI is InChI=1S/C18H25N5O2/c1-12-17(13(2)25-22-12)18(24)23-7-4-5-14(6-8-23)9-15-10-21-16(19-3)11-20-15/h10-11,14H,4-9H2,1-3H3,(H,19,21)/t14-/m0/s1. The monoisotopic (exact) mass is 343 g/mol. The fourth-order valence-corrected chi connectivity index (χ4v) is 3.40. The molecule has 1 aliphatic heterocycles. The molecule has 1 aliphatic rings. The van der Waals surface area contributed by atoms with Crippen molar-refractivity contribution < 1.29 is 9.32 Å². The first-order valence-corrected chi connectivity index (χ1v) is 8.79. The first kappa shape index (κ1) is 17.4. The van der Waals surface area contributed by atoms with Crippen molar-refractivity contribution in [3.05, 3.63) is 35.1 Å². The van der Waals surface area contributed by atoms with Crippen molar-refractivity contribution in [1.29, 1.82) is 0 Å². The van der Waals surface area contributed by atoms with E-state index < -0.39 is 0 Å². The number of anilines is 1. The van der Waals surface area contributed by atoms with Crippen molar-refractivity contribution in [3.63, 3.8) is 0 Å². The summed E-state index contributed by atoms with van der Waals surface area (Å²) in [5.74, 6) is 1.94. The number of carbonyl (C=O) groups is 1. The van der Waals surface area contributed by atoms with Crippen molar-refractivity contribution in [1.82, 2.24) is 20.0 Å². The molecule has 0 radical (unpaired) electrons. The Balaban J connectivity index is 1.61. The Bertz CT molecular complexity index is 706. The summed E-state index contributed by atoms with van der Waals surface area (Å²) < 4.78 is 5.14. The third kappa shape index (κ3) is 3.97. The van der Waals surface area contributed by atoms with Gasteiger partial charge in [-0.2, -0.15) is 0 Å². The summed E-state index contributed by atoms with van der Waals surface area (Å²) in [7, 11) is 1.83. The Hall–Kier alpha value is -2.44. The largest absolute Gasteiger partial charge is 0.372 e. The zero-order valence-corrected chi connectivity index (χ0v) is 15.1. The van der Waals surface area contributed by atoms with E-state index in [2.05, 4.69) is 20.4 Å². The maximum absolute atomic E-state index is 12.8. The number of aryl methyl sites for hydroxylation is 2. The second-order valence-electron chi connectivity index (χ2n) is 6.64. The highest BCUT2D eigenvalue weighted by molar-refractivity contribution is 5.96. The van der Waals surface area contributed by atoms with Crippen molar-refractivity contribution in [2.45, 2.75) is 39.5 Å². The number of amides is 1. The lowest BCUT2D eigenvalue weighted by atomic mass is 9.95. The van der Waals surface area contributed by atoms with Gasteiger partial charge in [0.2, 0.25) is 0 Å². The van der Waals surface area contributed by atoms with Gasteiger partial charge >= 0.3 is 0 Å². The van der Waals surface area contributed by atoms with Crippen LogP contribution in [0.2, 0.25) is 0 Å². The maximum atomic E-state index is 12.8. The minimum Gasteiger partial charge on any atom is -0.372 e. The molecule has 0 spiro atoms. The van der Waals surface area contributed by atoms with Gasteiger partial charge in [0.25, 0.3) is 5.91 Å². The Morgan fingerprint density at radius 1 is 1.28 bits per heavy atom. The lowest BCUT2D eigenvalue weighted by Crippen LogP contribution is -2.32. The normalized spacial score (nSPS) is 18.0. The molecule has 0 aromatic carbocycles. The zero-order chi connectivity index (χ0) is 17.8. The fraction of sp³-hybridized carbons (Fsp3) is 0.556. The lowest BCUT2D eigenvalue weighted by Gasteiger charge is -2.20. The summed E-state index contributed by atoms with van der Waals surface area (Å²) in [6, 6.07) is 0. The van der Waals surface area contributed by atoms with E-state index in [0.717, 1.165) is 50.3 Å². The summed E-state index contributed by atoms with van der Waals surface area (Å²) in [5, 5.41) is 6.88. The quantitative estimate of drug-likeness (QED) is 0.918. The molecule has 1 saturated heterocycles. The molecule has 0 unspecified atom stereocenters. The van der Waals surface area contributed by atoms with Crippen LogP contribution in [0.5, 0.6) is 0 Å². The third-order valence-corrected chi connectivity index (χ3v) is 4.84. The smallest absolute Gasteiger partial charge is 0.259 e. The van der Waals surface area contributed by atoms with Crippen LogP contribution < -0.4 is 5.32 Å². The van der Waals surface area contributed by atoms with E-state index in [1.807, 2.05) is 25.1 Å². The second kappa shape index (κ2) is 7.63. The molecule has 2 aromatic heterocycles. The number of carbonyl (C=O) groups excluding carboxylic acids is 1. The average Bonchev–Trinajstić information content (AvgIpc) is 2.82. The first-order chi connectivity index (χ1) is 12.1. The molecule has 134 valence electrons. The van der Waals surface area contributed by atoms with E-state index in [-0.39, 0.29) is 5.91 Å². The van der Waals surface area contributed by atoms with E-state index in [1.54, 1.807) is 13.1 Å². The third-order valence-electron chi connectivity index (χ3n) is 4.84. The molecule has 0 aliphatic carbocycles. The van der Waals surface area contributed by atoms with Gasteiger partial charge < -0.3 is 14.7 Å². The molecule has 7 heteroatoms. The summed E-state index contributed by atoms with van der Waals surface area (Å²) >= 11 is 0. The molecule has 2 aromatic rings. The van der Waals surface area contributed by atoms with Crippen molar-refractivity contribution in [2.24, 2.45) is 5.92 Å². The summed E-state index contributed by atoms with van der Waals surface area (Å²) in [6.07, 6.45) is 7.58. The number of aromatic nitrogens is 3. The highest BCUT2D eigenvalue weighted by Crippen LogP contribution is 2.23. The van der Waals surface area contributed by atoms with Crippen LogP contribution in [-0.4, -0.2) is 46.1 Å². The predicted molar refractivity (Wildman–Crippen MR) is 94.5 cm³/mol. The number of nitrogens with one attached hydrogen (secondary N) is 1. The SMILES string of the molecule is CNc1cnc(C[C@H]2CCCN(C(=O)c3c(C)noc3C)CC2)cn1. The van der Waals surface area contributed by atoms with Crippen LogP contribution in [0.25, 0.3) is 0 Å². The van der Waals surface area contributed by atoms with Crippen molar-refractivity contribution in [3.8, 4) is 0 Å². The van der Waals surface area contributed by atoms with Gasteiger partial charge in [-0.15, -0.1) is 0 Å². The van der Waals surface area contributed by atoms with Gasteiger partial charge in [-0.05, 0) is 45.4 Å². The maximum Gasteiger partial charge on any atom is 0.259 e. The fourth-order valence-electron chi connectivity index (χ4n) is 3.40. The molecule has 1 atom stereocenters. The highest BCUT2D eigenvalue weighted by atomic mass is 16.5. The zero-order valence-electron chi connectivity index (χ0n) is 15.1. The molecule has 3 heterocycles. The topological polar surface area (TPSA) is 84.2 Å². The average molecular weight is 343 g/mol. The lowest BCUT2D eigenvalue weighted by molar-refractivity contribution is 0.0757. The van der Waals surface area contributed by atoms with Crippen molar-refractivity contribution >= 4 is 11.7 Å². The molecule has 0 bridgehead atoms. The molecular weight excluding hydrogens is 318 g/mol. The van der Waals surface area contributed by atoms with Gasteiger partial charge in [0, 0.05) is 20.1 Å². The number of hydrogen-bond donors (Lipinski definition) is 1. The minimum atomic E-state index is 0.0371. The molecule has 1 fully saturated rings. The molecule has 3 rings (SSSR count). The molecule has 7 nitrogen and oxygen atoms in total. The molecular formula is C18H25N5O2. The van der Waals surface area contributed by atoms with E-state index >= 15 is 0 Å². The second-order valence-corrected chi connectivity index (χ2v) is 6.64. The van der Waals surface area contributed by atoms with E-state index in [1.165, 1.54) is 0 Å². The number of likely N-dealkylation sites (tertiary alicyclic amines) is 1. The minimum absolute atomic E-state index is 0.0371. The molecule has 1 amide bonds. The van der Waals surface area contributed by atoms with Crippen LogP contribution in [0.3, 0.4) is 0 Å². The van der Waals surface area contributed by atoms with Crippen molar-refractivity contribution in [2.75, 3.05) is 25.5 Å². The van der Waals surface area contributed by atoms with Crippen LogP contribution in [-0.2, 0) is 6.42 Å². The van der Waals surface area contributed by atoms with E-state index in [0.29, 0.717) is 22.9 Å². The van der Waals surface area contributed by atoms with Crippen LogP contribution in [0.4, 0.5) is 5.82 Å². The molecule has 25 heavy (non-hydrogen) atoms. The Morgan fingerprint density at radius 2 is 2.12 bits per heavy atom. The Morgan fingerprint density at radius 3 is 2.76 bits per heavy atom. The van der Waals surface area contributed by atoms with Crippen LogP contribution >= 0.6 is 0 Å². The summed E-state index contributed by atoms with van der Waals surface area (Å²) in [5.41, 5.74) is 2.30. The van der Waals surface area contributed by atoms with Gasteiger partial charge in [0.05, 0.1) is 23.8 Å². The number of hydrogen-bond acceptors (Lipinski definition) is 6. The van der Waals surface area contributed by atoms with Gasteiger partial charge in [0.1, 0.15) is 17.1 Å². The van der Waals surface area contributed by atoms with Gasteiger partial charge in [-0.25, -0.2) is 4.98 Å². The Labute approximate surface area is 147 Å². The predicted octanol–water partition coefficient (Wildman–Crippen LogP) is 2.61. The van der Waals surface area contributed by atoms with Crippen LogP contribution in [0.15, 0.2) is 16.9 Å². The van der Waals surface area contributed by atoms with Gasteiger partial charge in [-0.3, -0.25) is 9.78 Å². The highest BCUT2D eigenvalue weighted by Gasteiger charge is 2.26. The molecule has 1 N–H and O–H groups in total. The van der Waals surface area contributed by atoms with E-state index in [9.17, 15) is 4.79 Å². The van der Waals surface area contributed by atoms with E-state index in [4.69, 9.17) is 4.52 Å². The van der Waals surface area contributed by atoms with Crippen LogP contribution in [0, 0.1) is 19.8 Å². The van der Waals surface area contributed by atoms with Gasteiger partial charge in [-0.1, -0.05) is 5.16 Å². The number of nitrogens with zero attached hydrogens (tertiary/aromatic N) is 4. The number of rotatable bonds is 4. The summed E-state index contributed by atoms with van der Waals surface area (Å²) in [4.78, 5) is 23.5. The Kier molecular flexibility index (Phi) is 5.31. The molecule has 0 saturated carbocycles. The van der Waals surface area contributed by atoms with Gasteiger partial charge in [0.15, 0.2) is 0 Å².